The van der Waals surface area contributed by atoms with Crippen LogP contribution in [0.1, 0.15) is 42.9 Å². The number of rotatable bonds is 6. The molecule has 0 unspecified atom stereocenters. The van der Waals surface area contributed by atoms with Gasteiger partial charge in [0.2, 0.25) is 0 Å². The van der Waals surface area contributed by atoms with Crippen molar-refractivity contribution in [3.05, 3.63) is 69.9 Å². The minimum absolute atomic E-state index is 0.0890. The smallest absolute Gasteiger partial charge is 0.431 e. The van der Waals surface area contributed by atoms with Crippen LogP contribution in [0.25, 0.3) is 0 Å². The number of fused-ring (bicyclic) bond motifs is 1. The molecular formula is C24H24N4O7S. The number of aryl methyl sites for hydroxylation is 1. The predicted molar refractivity (Wildman–Crippen MR) is 129 cm³/mol. The Morgan fingerprint density at radius 3 is 2.56 bits per heavy atom. The molecule has 0 amide bonds. The van der Waals surface area contributed by atoms with Crippen LogP contribution in [0.15, 0.2) is 53.4 Å². The first-order valence-electron chi connectivity index (χ1n) is 11.6. The third kappa shape index (κ3) is 5.18. The zero-order chi connectivity index (χ0) is 25.3. The molecule has 1 aliphatic heterocycles. The van der Waals surface area contributed by atoms with Gasteiger partial charge in [0.05, 0.1) is 15.6 Å². The van der Waals surface area contributed by atoms with Gasteiger partial charge in [0, 0.05) is 35.5 Å². The molecular weight excluding hydrogens is 488 g/mol. The summed E-state index contributed by atoms with van der Waals surface area (Å²) in [6, 6.07) is 12.4. The summed E-state index contributed by atoms with van der Waals surface area (Å²) in [6.45, 7) is 0. The lowest BCUT2D eigenvalue weighted by Crippen LogP contribution is -2.25. The van der Waals surface area contributed by atoms with Gasteiger partial charge in [-0.1, -0.05) is 0 Å². The Labute approximate surface area is 206 Å². The molecule has 1 fully saturated rings. The number of nitrogens with zero attached hydrogens (tertiary/aromatic N) is 2. The molecule has 2 N–H and O–H groups in total. The van der Waals surface area contributed by atoms with Crippen molar-refractivity contribution in [3.63, 3.8) is 0 Å². The highest BCUT2D eigenvalue weighted by molar-refractivity contribution is 7.91. The molecule has 2 aromatic carbocycles. The lowest BCUT2D eigenvalue weighted by atomic mass is 9.85. The summed E-state index contributed by atoms with van der Waals surface area (Å²) >= 11 is 0. The van der Waals surface area contributed by atoms with Crippen molar-refractivity contribution >= 4 is 33.2 Å². The molecule has 12 heteroatoms. The van der Waals surface area contributed by atoms with Crippen LogP contribution in [0.2, 0.25) is 0 Å². The average Bonchev–Trinajstić information content (AvgIpc) is 3.43. The van der Waals surface area contributed by atoms with Gasteiger partial charge < -0.3 is 14.8 Å². The predicted octanol–water partition coefficient (Wildman–Crippen LogP) is 4.63. The summed E-state index contributed by atoms with van der Waals surface area (Å²) in [6.07, 6.45) is 2.35. The number of carbonyl (C=O) groups excluding carboxylic acids is 1. The summed E-state index contributed by atoms with van der Waals surface area (Å²) in [5.74, 6) is 1.22. The Morgan fingerprint density at radius 2 is 1.83 bits per heavy atom. The van der Waals surface area contributed by atoms with Gasteiger partial charge in [-0.25, -0.2) is 13.2 Å². The van der Waals surface area contributed by atoms with E-state index in [4.69, 9.17) is 9.47 Å². The van der Waals surface area contributed by atoms with Crippen LogP contribution < -0.4 is 10.1 Å². The maximum absolute atomic E-state index is 12.1. The van der Waals surface area contributed by atoms with Crippen molar-refractivity contribution in [2.24, 2.45) is 0 Å². The van der Waals surface area contributed by atoms with Crippen LogP contribution >= 0.6 is 0 Å². The normalized spacial score (nSPS) is 20.3. The Hall–Kier alpha value is -3.93. The third-order valence-corrected chi connectivity index (χ3v) is 8.34. The molecule has 36 heavy (non-hydrogen) atoms. The molecule has 188 valence electrons. The second kappa shape index (κ2) is 9.61. The van der Waals surface area contributed by atoms with Gasteiger partial charge in [0.25, 0.3) is 5.69 Å². The molecule has 1 aromatic heterocycles. The fraction of sp³-hybridized carbons (Fsp3) is 0.333. The van der Waals surface area contributed by atoms with Crippen LogP contribution in [-0.4, -0.2) is 41.6 Å². The van der Waals surface area contributed by atoms with E-state index in [1.165, 1.54) is 24.3 Å². The van der Waals surface area contributed by atoms with Crippen molar-refractivity contribution in [2.75, 3.05) is 11.1 Å². The van der Waals surface area contributed by atoms with E-state index in [0.29, 0.717) is 30.0 Å². The molecule has 5 rings (SSSR count). The van der Waals surface area contributed by atoms with E-state index in [2.05, 4.69) is 15.5 Å². The largest absolute Gasteiger partial charge is 0.514 e. The number of aromatic nitrogens is 2. The molecule has 1 aliphatic carbocycles. The number of sulfone groups is 1. The van der Waals surface area contributed by atoms with Crippen LogP contribution in [0.5, 0.6) is 5.75 Å². The van der Waals surface area contributed by atoms with Gasteiger partial charge in [0.1, 0.15) is 11.9 Å². The first-order chi connectivity index (χ1) is 17.3. The number of nitrogens with one attached hydrogen (secondary N) is 2. The Kier molecular flexibility index (Phi) is 6.35. The number of ether oxygens (including phenoxy) is 2. The standard InChI is InChI=1S/C24H24N4O7S/c29-24(35-20-8-4-18(5-9-20)28(30)31)34-19-6-1-15(2-7-19)21-14-23(27-26-21)25-17-3-10-22-16(13-17)11-12-36(22,32)33/h3-5,8-10,13-15,19H,1-2,6-7,11-12H2,(H2,25,26,27). The maximum atomic E-state index is 12.1. The summed E-state index contributed by atoms with van der Waals surface area (Å²) in [5, 5.41) is 21.4. The SMILES string of the molecule is O=C(Oc1ccc([N+](=O)[O-])cc1)OC1CCC(c2cc(Nc3ccc4c(c3)CCS4(=O)=O)n[nH]2)CC1. The van der Waals surface area contributed by atoms with E-state index in [1.807, 2.05) is 12.1 Å². The van der Waals surface area contributed by atoms with Gasteiger partial charge in [0.15, 0.2) is 15.7 Å². The Balaban J connectivity index is 1.11. The number of benzene rings is 2. The highest BCUT2D eigenvalue weighted by Gasteiger charge is 2.28. The van der Waals surface area contributed by atoms with Gasteiger partial charge >= 0.3 is 6.16 Å². The van der Waals surface area contributed by atoms with Gasteiger partial charge in [-0.3, -0.25) is 15.2 Å². The minimum Gasteiger partial charge on any atom is -0.431 e. The van der Waals surface area contributed by atoms with Crippen LogP contribution in [-0.2, 0) is 21.0 Å². The summed E-state index contributed by atoms with van der Waals surface area (Å²) < 4.78 is 34.5. The quantitative estimate of drug-likeness (QED) is 0.208. The first kappa shape index (κ1) is 23.8. The van der Waals surface area contributed by atoms with E-state index < -0.39 is 20.9 Å². The monoisotopic (exact) mass is 512 g/mol. The molecule has 0 radical (unpaired) electrons. The number of hydrogen-bond acceptors (Lipinski definition) is 9. The third-order valence-electron chi connectivity index (χ3n) is 6.53. The topological polar surface area (TPSA) is 154 Å². The van der Waals surface area contributed by atoms with E-state index in [1.54, 1.807) is 12.1 Å². The molecule has 0 spiro atoms. The van der Waals surface area contributed by atoms with Gasteiger partial charge in [-0.2, -0.15) is 5.10 Å². The van der Waals surface area contributed by atoms with E-state index in [-0.39, 0.29) is 29.2 Å². The Bertz CT molecular complexity index is 1390. The second-order valence-electron chi connectivity index (χ2n) is 8.92. The van der Waals surface area contributed by atoms with Crippen LogP contribution in [0.3, 0.4) is 0 Å². The van der Waals surface area contributed by atoms with Crippen molar-refractivity contribution in [2.45, 2.75) is 49.0 Å². The number of anilines is 2. The highest BCUT2D eigenvalue weighted by Crippen LogP contribution is 2.35. The number of carbonyl (C=O) groups is 1. The van der Waals surface area contributed by atoms with Gasteiger partial charge in [-0.05, 0) is 68.0 Å². The second-order valence-corrected chi connectivity index (χ2v) is 11.0. The zero-order valence-electron chi connectivity index (χ0n) is 19.2. The maximum Gasteiger partial charge on any atom is 0.514 e. The Morgan fingerprint density at radius 1 is 1.08 bits per heavy atom. The molecule has 0 bridgehead atoms. The molecule has 2 aliphatic rings. The summed E-state index contributed by atoms with van der Waals surface area (Å²) in [7, 11) is -3.15. The number of nitro groups is 1. The van der Waals surface area contributed by atoms with Crippen LogP contribution in [0.4, 0.5) is 22.0 Å². The van der Waals surface area contributed by atoms with Gasteiger partial charge in [-0.15, -0.1) is 0 Å². The first-order valence-corrected chi connectivity index (χ1v) is 13.2. The molecule has 0 saturated heterocycles. The van der Waals surface area contributed by atoms with Crippen LogP contribution in [0, 0.1) is 10.1 Å². The number of nitro benzene ring substituents is 1. The summed E-state index contributed by atoms with van der Waals surface area (Å²) in [5.41, 5.74) is 2.50. The fourth-order valence-electron chi connectivity index (χ4n) is 4.65. The van der Waals surface area contributed by atoms with E-state index in [0.717, 1.165) is 29.8 Å². The number of aromatic amines is 1. The van der Waals surface area contributed by atoms with E-state index >= 15 is 0 Å². The minimum atomic E-state index is -3.15. The fourth-order valence-corrected chi connectivity index (χ4v) is 6.20. The molecule has 0 atom stereocenters. The lowest BCUT2D eigenvalue weighted by Gasteiger charge is -2.27. The number of hydrogen-bond donors (Lipinski definition) is 2. The van der Waals surface area contributed by atoms with Crippen molar-refractivity contribution < 1.29 is 27.6 Å². The average molecular weight is 513 g/mol. The number of non-ortho nitro benzene ring substituents is 1. The molecule has 1 saturated carbocycles. The zero-order valence-corrected chi connectivity index (χ0v) is 20.0. The molecule has 11 nitrogen and oxygen atoms in total. The lowest BCUT2D eigenvalue weighted by molar-refractivity contribution is -0.384. The number of H-pyrrole nitrogens is 1. The molecule has 3 aromatic rings. The molecule has 2 heterocycles. The van der Waals surface area contributed by atoms with Crippen molar-refractivity contribution in [1.82, 2.24) is 10.2 Å². The summed E-state index contributed by atoms with van der Waals surface area (Å²) in [4.78, 5) is 22.7. The van der Waals surface area contributed by atoms with Crippen molar-refractivity contribution in [3.8, 4) is 5.75 Å². The van der Waals surface area contributed by atoms with E-state index in [9.17, 15) is 23.3 Å². The van der Waals surface area contributed by atoms with Crippen molar-refractivity contribution in [1.29, 1.82) is 0 Å². The highest BCUT2D eigenvalue weighted by atomic mass is 32.2.